The van der Waals surface area contributed by atoms with Crippen LogP contribution < -0.4 is 11.1 Å². The molecule has 1 atom stereocenters. The minimum absolute atomic E-state index is 0.0636. The zero-order chi connectivity index (χ0) is 13.0. The summed E-state index contributed by atoms with van der Waals surface area (Å²) in [5, 5.41) is 2.11. The Labute approximate surface area is 96.8 Å². The molecule has 0 spiro atoms. The first-order chi connectivity index (χ1) is 7.93. The monoisotopic (exact) mass is 246 g/mol. The zero-order valence-electron chi connectivity index (χ0n) is 9.27. The Hall–Kier alpha value is -1.56. The van der Waals surface area contributed by atoms with Crippen molar-refractivity contribution in [3.63, 3.8) is 0 Å². The van der Waals surface area contributed by atoms with Crippen LogP contribution in [0, 0.1) is 23.4 Å². The first kappa shape index (κ1) is 13.5. The molecule has 0 fully saturated rings. The van der Waals surface area contributed by atoms with E-state index in [1.807, 2.05) is 0 Å². The van der Waals surface area contributed by atoms with Gasteiger partial charge in [0, 0.05) is 18.6 Å². The van der Waals surface area contributed by atoms with Gasteiger partial charge in [-0.25, -0.2) is 13.2 Å². The fraction of sp³-hybridized carbons (Fsp3) is 0.364. The summed E-state index contributed by atoms with van der Waals surface area (Å²) in [6.07, 6.45) is 0.0636. The predicted octanol–water partition coefficient (Wildman–Crippen LogP) is 2.03. The van der Waals surface area contributed by atoms with Crippen LogP contribution in [-0.4, -0.2) is 12.5 Å². The fourth-order valence-corrected chi connectivity index (χ4v) is 1.25. The second-order valence-corrected chi connectivity index (χ2v) is 3.84. The van der Waals surface area contributed by atoms with Gasteiger partial charge in [-0.05, 0) is 12.5 Å². The highest BCUT2D eigenvalue weighted by Crippen LogP contribution is 2.19. The summed E-state index contributed by atoms with van der Waals surface area (Å²) >= 11 is 0. The van der Waals surface area contributed by atoms with E-state index in [9.17, 15) is 18.0 Å². The van der Waals surface area contributed by atoms with Crippen molar-refractivity contribution in [1.82, 2.24) is 0 Å². The number of nitrogens with one attached hydrogen (secondary N) is 1. The van der Waals surface area contributed by atoms with Crippen molar-refractivity contribution < 1.29 is 18.0 Å². The van der Waals surface area contributed by atoms with E-state index in [0.29, 0.717) is 12.6 Å². The molecule has 1 aromatic carbocycles. The predicted molar refractivity (Wildman–Crippen MR) is 57.8 cm³/mol. The number of hydrogen-bond donors (Lipinski definition) is 2. The van der Waals surface area contributed by atoms with Gasteiger partial charge in [-0.1, -0.05) is 6.92 Å². The molecule has 3 nitrogen and oxygen atoms in total. The molecule has 3 N–H and O–H groups in total. The normalized spacial score (nSPS) is 12.3. The van der Waals surface area contributed by atoms with Gasteiger partial charge in [0.25, 0.3) is 0 Å². The van der Waals surface area contributed by atoms with Crippen molar-refractivity contribution >= 4 is 11.6 Å². The third kappa shape index (κ3) is 3.74. The van der Waals surface area contributed by atoms with Crippen LogP contribution in [0.5, 0.6) is 0 Å². The second kappa shape index (κ2) is 5.67. The highest BCUT2D eigenvalue weighted by atomic mass is 19.2. The second-order valence-electron chi connectivity index (χ2n) is 3.84. The lowest BCUT2D eigenvalue weighted by atomic mass is 10.1. The van der Waals surface area contributed by atoms with Gasteiger partial charge in [0.1, 0.15) is 5.82 Å². The topological polar surface area (TPSA) is 55.1 Å². The largest absolute Gasteiger partial charge is 0.330 e. The Kier molecular flexibility index (Phi) is 4.51. The van der Waals surface area contributed by atoms with Gasteiger partial charge in [0.2, 0.25) is 5.91 Å². The van der Waals surface area contributed by atoms with Crippen LogP contribution in [0.25, 0.3) is 0 Å². The van der Waals surface area contributed by atoms with E-state index in [1.54, 1.807) is 6.92 Å². The third-order valence-electron chi connectivity index (χ3n) is 2.20. The number of rotatable bonds is 4. The molecule has 0 aliphatic carbocycles. The number of halogens is 3. The van der Waals surface area contributed by atoms with Crippen molar-refractivity contribution in [2.75, 3.05) is 11.9 Å². The van der Waals surface area contributed by atoms with Gasteiger partial charge in [0.15, 0.2) is 11.6 Å². The first-order valence-corrected chi connectivity index (χ1v) is 5.08. The number of hydrogen-bond acceptors (Lipinski definition) is 2. The number of carbonyl (C=O) groups excluding carboxylic acids is 1. The molecule has 1 rings (SSSR count). The van der Waals surface area contributed by atoms with E-state index >= 15 is 0 Å². The molecular formula is C11H13F3N2O. The zero-order valence-corrected chi connectivity index (χ0v) is 9.27. The van der Waals surface area contributed by atoms with Gasteiger partial charge >= 0.3 is 0 Å². The molecule has 1 aromatic rings. The van der Waals surface area contributed by atoms with E-state index in [0.717, 1.165) is 6.07 Å². The highest BCUT2D eigenvalue weighted by molar-refractivity contribution is 5.90. The van der Waals surface area contributed by atoms with E-state index in [1.165, 1.54) is 0 Å². The summed E-state index contributed by atoms with van der Waals surface area (Å²) in [5.74, 6) is -4.19. The van der Waals surface area contributed by atoms with Crippen LogP contribution in [0.4, 0.5) is 18.9 Å². The molecule has 1 amide bonds. The lowest BCUT2D eigenvalue weighted by molar-refractivity contribution is -0.116. The van der Waals surface area contributed by atoms with Crippen molar-refractivity contribution in [2.24, 2.45) is 11.7 Å². The highest BCUT2D eigenvalue weighted by Gasteiger charge is 2.14. The smallest absolute Gasteiger partial charge is 0.224 e. The van der Waals surface area contributed by atoms with Crippen LogP contribution in [0.1, 0.15) is 13.3 Å². The molecule has 0 radical (unpaired) electrons. The Morgan fingerprint density at radius 3 is 2.65 bits per heavy atom. The molecule has 0 saturated carbocycles. The fourth-order valence-electron chi connectivity index (χ4n) is 1.25. The van der Waals surface area contributed by atoms with E-state index in [-0.39, 0.29) is 12.3 Å². The molecule has 0 aromatic heterocycles. The van der Waals surface area contributed by atoms with Gasteiger partial charge in [-0.2, -0.15) is 0 Å². The van der Waals surface area contributed by atoms with E-state index in [4.69, 9.17) is 5.73 Å². The lowest BCUT2D eigenvalue weighted by Gasteiger charge is -2.10. The average molecular weight is 246 g/mol. The molecule has 6 heteroatoms. The molecule has 0 heterocycles. The van der Waals surface area contributed by atoms with Gasteiger partial charge in [-0.15, -0.1) is 0 Å². The molecule has 1 unspecified atom stereocenters. The minimum Gasteiger partial charge on any atom is -0.330 e. The van der Waals surface area contributed by atoms with Gasteiger partial charge in [0.05, 0.1) is 5.69 Å². The average Bonchev–Trinajstić information content (AvgIpc) is 2.24. The summed E-state index contributed by atoms with van der Waals surface area (Å²) in [7, 11) is 0. The van der Waals surface area contributed by atoms with Crippen molar-refractivity contribution in [1.29, 1.82) is 0 Å². The molecular weight excluding hydrogens is 233 g/mol. The molecule has 0 saturated heterocycles. The molecule has 0 aliphatic heterocycles. The standard InChI is InChI=1S/C11H13F3N2O/c1-6(5-15)2-10(17)16-9-4-7(12)3-8(13)11(9)14/h3-4,6H,2,5,15H2,1H3,(H,16,17). The third-order valence-corrected chi connectivity index (χ3v) is 2.20. The maximum Gasteiger partial charge on any atom is 0.224 e. The van der Waals surface area contributed by atoms with Crippen molar-refractivity contribution in [3.05, 3.63) is 29.6 Å². The summed E-state index contributed by atoms with van der Waals surface area (Å²) in [6, 6.07) is 1.14. The summed E-state index contributed by atoms with van der Waals surface area (Å²) in [5.41, 5.74) is 4.81. The number of anilines is 1. The van der Waals surface area contributed by atoms with Crippen LogP contribution in [0.15, 0.2) is 12.1 Å². The number of amides is 1. The number of benzene rings is 1. The summed E-state index contributed by atoms with van der Waals surface area (Å²) < 4.78 is 38.8. The lowest BCUT2D eigenvalue weighted by Crippen LogP contribution is -2.20. The summed E-state index contributed by atoms with van der Waals surface area (Å²) in [6.45, 7) is 2.04. The number of carbonyl (C=O) groups is 1. The quantitative estimate of drug-likeness (QED) is 0.798. The van der Waals surface area contributed by atoms with Crippen LogP contribution in [0.2, 0.25) is 0 Å². The van der Waals surface area contributed by atoms with Gasteiger partial charge in [-0.3, -0.25) is 4.79 Å². The Morgan fingerprint density at radius 1 is 1.41 bits per heavy atom. The van der Waals surface area contributed by atoms with E-state index < -0.39 is 29.0 Å². The molecule has 0 bridgehead atoms. The van der Waals surface area contributed by atoms with E-state index in [2.05, 4.69) is 5.32 Å². The van der Waals surface area contributed by atoms with Crippen LogP contribution >= 0.6 is 0 Å². The summed E-state index contributed by atoms with van der Waals surface area (Å²) in [4.78, 5) is 11.4. The Balaban J connectivity index is 2.78. The van der Waals surface area contributed by atoms with Crippen LogP contribution in [0.3, 0.4) is 0 Å². The molecule has 0 aliphatic rings. The molecule has 94 valence electrons. The SMILES string of the molecule is CC(CN)CC(=O)Nc1cc(F)cc(F)c1F. The van der Waals surface area contributed by atoms with Crippen molar-refractivity contribution in [2.45, 2.75) is 13.3 Å². The maximum absolute atomic E-state index is 13.2. The van der Waals surface area contributed by atoms with Crippen LogP contribution in [-0.2, 0) is 4.79 Å². The first-order valence-electron chi connectivity index (χ1n) is 5.08. The number of nitrogens with two attached hydrogens (primary N) is 1. The Bertz CT molecular complexity index is 423. The van der Waals surface area contributed by atoms with Gasteiger partial charge < -0.3 is 11.1 Å². The van der Waals surface area contributed by atoms with Crippen molar-refractivity contribution in [3.8, 4) is 0 Å². The minimum atomic E-state index is -1.34. The Morgan fingerprint density at radius 2 is 2.06 bits per heavy atom. The molecule has 17 heavy (non-hydrogen) atoms. The maximum atomic E-state index is 13.2.